The van der Waals surface area contributed by atoms with Crippen LogP contribution in [0.2, 0.25) is 0 Å². The van der Waals surface area contributed by atoms with Gasteiger partial charge in [-0.1, -0.05) is 6.07 Å². The van der Waals surface area contributed by atoms with Crippen LogP contribution in [0.1, 0.15) is 56.1 Å². The molecule has 7 rings (SSSR count). The maximum Gasteiger partial charge on any atom is 0.223 e. The number of nitrogens with zero attached hydrogens (tertiary/aromatic N) is 1. The summed E-state index contributed by atoms with van der Waals surface area (Å²) in [5.41, 5.74) is 2.04. The van der Waals surface area contributed by atoms with Crippen molar-refractivity contribution in [3.8, 4) is 5.75 Å². The zero-order valence-electron chi connectivity index (χ0n) is 18.4. The Morgan fingerprint density at radius 1 is 1.32 bits per heavy atom. The van der Waals surface area contributed by atoms with Crippen LogP contribution in [0.5, 0.6) is 5.75 Å². The molecule has 6 heteroatoms. The summed E-state index contributed by atoms with van der Waals surface area (Å²) >= 11 is 0. The predicted molar refractivity (Wildman–Crippen MR) is 115 cm³/mol. The monoisotopic (exact) mass is 428 g/mol. The molecule has 4 bridgehead atoms. The zero-order chi connectivity index (χ0) is 21.3. The van der Waals surface area contributed by atoms with Gasteiger partial charge in [-0.05, 0) is 80.7 Å². The highest BCUT2D eigenvalue weighted by Crippen LogP contribution is 2.65. The fraction of sp³-hybridized carbons (Fsp3) is 0.720. The van der Waals surface area contributed by atoms with Gasteiger partial charge in [-0.25, -0.2) is 0 Å². The van der Waals surface area contributed by atoms with Crippen LogP contribution in [0.3, 0.4) is 0 Å². The summed E-state index contributed by atoms with van der Waals surface area (Å²) in [6.07, 6.45) is 7.46. The van der Waals surface area contributed by atoms with Crippen LogP contribution in [-0.4, -0.2) is 61.5 Å². The molecule has 3 aliphatic heterocycles. The Bertz CT molecular complexity index is 893. The molecule has 3 heterocycles. The summed E-state index contributed by atoms with van der Waals surface area (Å²) in [7, 11) is 1.72. The van der Waals surface area contributed by atoms with Gasteiger partial charge in [-0.2, -0.15) is 0 Å². The molecule has 3 saturated heterocycles. The molecule has 4 atom stereocenters. The number of piperidine rings is 1. The first-order valence-corrected chi connectivity index (χ1v) is 12.0. The van der Waals surface area contributed by atoms with Crippen molar-refractivity contribution >= 4 is 5.91 Å². The third-order valence-corrected chi connectivity index (χ3v) is 9.00. The number of hydrogen-bond donors (Lipinski definition) is 1. The second kappa shape index (κ2) is 6.92. The van der Waals surface area contributed by atoms with Crippen LogP contribution in [0, 0.1) is 5.92 Å². The number of hydrogen-bond acceptors (Lipinski definition) is 4. The molecule has 2 saturated carbocycles. The summed E-state index contributed by atoms with van der Waals surface area (Å²) < 4.78 is 25.3. The molecule has 168 valence electrons. The smallest absolute Gasteiger partial charge is 0.223 e. The van der Waals surface area contributed by atoms with Gasteiger partial charge < -0.3 is 14.8 Å². The Morgan fingerprint density at radius 2 is 2.19 bits per heavy atom. The van der Waals surface area contributed by atoms with Crippen LogP contribution in [0.25, 0.3) is 0 Å². The Kier molecular flexibility index (Phi) is 4.46. The third-order valence-electron chi connectivity index (χ3n) is 9.00. The number of rotatable bonds is 6. The minimum Gasteiger partial charge on any atom is -0.497 e. The Balaban J connectivity index is 1.44. The van der Waals surface area contributed by atoms with Gasteiger partial charge >= 0.3 is 0 Å². The van der Waals surface area contributed by atoms with Crippen molar-refractivity contribution in [1.29, 1.82) is 0 Å². The number of benzene rings is 1. The van der Waals surface area contributed by atoms with E-state index in [0.29, 0.717) is 12.6 Å². The highest BCUT2D eigenvalue weighted by Gasteiger charge is 2.71. The Hall–Kier alpha value is -1.66. The molecule has 1 aromatic rings. The number of methoxy groups -OCH3 is 1. The predicted octanol–water partition coefficient (Wildman–Crippen LogP) is 3.14. The summed E-state index contributed by atoms with van der Waals surface area (Å²) in [4.78, 5) is 15.1. The third kappa shape index (κ3) is 2.83. The zero-order valence-corrected chi connectivity index (χ0v) is 18.4. The number of nitrogens with one attached hydrogen (secondary N) is 1. The van der Waals surface area contributed by atoms with Crippen molar-refractivity contribution in [2.24, 2.45) is 5.92 Å². The second-order valence-corrected chi connectivity index (χ2v) is 10.6. The lowest BCUT2D eigenvalue weighted by Crippen LogP contribution is -2.81. The van der Waals surface area contributed by atoms with E-state index < -0.39 is 12.2 Å². The van der Waals surface area contributed by atoms with E-state index in [1.165, 1.54) is 30.5 Å². The molecular weight excluding hydrogens is 395 g/mol. The highest BCUT2D eigenvalue weighted by molar-refractivity contribution is 5.77. The summed E-state index contributed by atoms with van der Waals surface area (Å²) in [5.74, 6) is 1.55. The fourth-order valence-electron chi connectivity index (χ4n) is 7.45. The number of alkyl halides is 1. The normalized spacial score (nSPS) is 38.3. The molecule has 0 aromatic heterocycles. The van der Waals surface area contributed by atoms with E-state index in [4.69, 9.17) is 9.47 Å². The first-order chi connectivity index (χ1) is 15.0. The highest BCUT2D eigenvalue weighted by atomic mass is 19.1. The topological polar surface area (TPSA) is 50.8 Å². The van der Waals surface area contributed by atoms with Crippen LogP contribution < -0.4 is 10.1 Å². The largest absolute Gasteiger partial charge is 0.497 e. The van der Waals surface area contributed by atoms with Gasteiger partial charge in [-0.3, -0.25) is 14.1 Å². The molecule has 31 heavy (non-hydrogen) atoms. The summed E-state index contributed by atoms with van der Waals surface area (Å²) in [6, 6.07) is 6.94. The molecule has 0 unspecified atom stereocenters. The number of halogens is 1. The number of likely N-dealkylation sites (tertiary alicyclic amines) is 1. The van der Waals surface area contributed by atoms with Gasteiger partial charge in [0.1, 0.15) is 5.75 Å². The van der Waals surface area contributed by atoms with Crippen LogP contribution in [0.4, 0.5) is 4.39 Å². The molecule has 0 radical (unpaired) electrons. The van der Waals surface area contributed by atoms with Crippen molar-refractivity contribution < 1.29 is 18.7 Å². The fourth-order valence-corrected chi connectivity index (χ4v) is 7.45. The lowest BCUT2D eigenvalue weighted by atomic mass is 9.45. The second-order valence-electron chi connectivity index (χ2n) is 10.6. The molecule has 1 aromatic carbocycles. The van der Waals surface area contributed by atoms with Crippen LogP contribution in [-0.2, 0) is 21.4 Å². The number of amides is 1. The summed E-state index contributed by atoms with van der Waals surface area (Å²) in [6.45, 7) is 2.20. The van der Waals surface area contributed by atoms with E-state index in [-0.39, 0.29) is 23.3 Å². The van der Waals surface area contributed by atoms with Crippen molar-refractivity contribution in [2.75, 3.05) is 33.5 Å². The molecule has 3 aliphatic carbocycles. The van der Waals surface area contributed by atoms with Gasteiger partial charge in [0.15, 0.2) is 0 Å². The van der Waals surface area contributed by atoms with E-state index in [2.05, 4.69) is 28.4 Å². The van der Waals surface area contributed by atoms with Crippen molar-refractivity contribution in [1.82, 2.24) is 10.2 Å². The average molecular weight is 429 g/mol. The molecule has 5 nitrogen and oxygen atoms in total. The first-order valence-electron chi connectivity index (χ1n) is 12.0. The Morgan fingerprint density at radius 3 is 2.90 bits per heavy atom. The number of carbonyl (C=O) groups is 1. The first kappa shape index (κ1) is 20.0. The summed E-state index contributed by atoms with van der Waals surface area (Å²) in [5, 5.41) is 3.21. The van der Waals surface area contributed by atoms with Crippen LogP contribution >= 0.6 is 0 Å². The SMILES string of the molecule is COc1ccc2c(c1)[C@]13CCN(CC4CC4)[C@H](C2)[C@]12CC[C@@](NC(=O)CCF)(CO2)C3. The van der Waals surface area contributed by atoms with Gasteiger partial charge in [0.05, 0.1) is 38.0 Å². The van der Waals surface area contributed by atoms with Crippen LogP contribution in [0.15, 0.2) is 18.2 Å². The van der Waals surface area contributed by atoms with E-state index in [1.54, 1.807) is 7.11 Å². The molecular formula is C25H33FN2O3. The maximum atomic E-state index is 12.8. The number of ether oxygens (including phenoxy) is 2. The maximum absolute atomic E-state index is 12.8. The molecule has 1 spiro atoms. The van der Waals surface area contributed by atoms with Crippen molar-refractivity contribution in [3.05, 3.63) is 29.3 Å². The lowest BCUT2D eigenvalue weighted by molar-refractivity contribution is -0.262. The van der Waals surface area contributed by atoms with Crippen molar-refractivity contribution in [2.45, 2.75) is 74.0 Å². The number of carbonyl (C=O) groups excluding carboxylic acids is 1. The van der Waals surface area contributed by atoms with Gasteiger partial charge in [-0.15, -0.1) is 0 Å². The van der Waals surface area contributed by atoms with Gasteiger partial charge in [0, 0.05) is 18.0 Å². The minimum absolute atomic E-state index is 0.0674. The molecule has 6 aliphatic rings. The molecule has 5 fully saturated rings. The van der Waals surface area contributed by atoms with E-state index in [0.717, 1.165) is 50.3 Å². The van der Waals surface area contributed by atoms with Gasteiger partial charge in [0.25, 0.3) is 0 Å². The quantitative estimate of drug-likeness (QED) is 0.756. The van der Waals surface area contributed by atoms with E-state index in [9.17, 15) is 9.18 Å². The van der Waals surface area contributed by atoms with E-state index >= 15 is 0 Å². The number of fused-ring (bicyclic) bond motifs is 3. The van der Waals surface area contributed by atoms with Gasteiger partial charge in [0.2, 0.25) is 5.91 Å². The lowest BCUT2D eigenvalue weighted by Gasteiger charge is -2.71. The minimum atomic E-state index is -0.615. The Labute approximate surface area is 183 Å². The standard InChI is InChI=1S/C25H33FN2O3/c1-30-19-5-4-18-12-21-25-8-7-23(16-31-25,27-22(29)6-10-26)15-24(25,20(18)13-19)9-11-28(21)14-17-2-3-17/h4-5,13,17,21H,2-3,6-12,14-16H2,1H3,(H,27,29)/t21-,23+,24-,25-/m1/s1. The molecule has 1 amide bonds. The van der Waals surface area contributed by atoms with Crippen molar-refractivity contribution in [3.63, 3.8) is 0 Å². The van der Waals surface area contributed by atoms with E-state index in [1.807, 2.05) is 0 Å². The molecule has 1 N–H and O–H groups in total. The average Bonchev–Trinajstić information content (AvgIpc) is 3.59.